The Morgan fingerprint density at radius 2 is 2.28 bits per heavy atom. The number of nitrogens with zero attached hydrogens (tertiary/aromatic N) is 3. The highest BCUT2D eigenvalue weighted by molar-refractivity contribution is 4.94. The molecule has 0 amide bonds. The summed E-state index contributed by atoms with van der Waals surface area (Å²) in [5.41, 5.74) is 6.00. The molecule has 5 heteroatoms. The summed E-state index contributed by atoms with van der Waals surface area (Å²) in [4.78, 5) is 0. The lowest BCUT2D eigenvalue weighted by atomic mass is 10.1. The third-order valence-corrected chi connectivity index (χ3v) is 2.56. The molecule has 1 unspecified atom stereocenters. The fraction of sp³-hybridized carbons (Fsp3) is 0.692. The van der Waals surface area contributed by atoms with Gasteiger partial charge in [-0.15, -0.1) is 16.9 Å². The van der Waals surface area contributed by atoms with E-state index >= 15 is 0 Å². The van der Waals surface area contributed by atoms with E-state index in [1.807, 2.05) is 13.1 Å². The van der Waals surface area contributed by atoms with E-state index in [2.05, 4.69) is 22.2 Å². The van der Waals surface area contributed by atoms with E-state index in [0.717, 1.165) is 45.4 Å². The van der Waals surface area contributed by atoms with Gasteiger partial charge in [-0.25, -0.2) is 0 Å². The SMILES string of the molecule is CC#CCCOCCCCC(N)Cn1ccnn1. The average molecular weight is 250 g/mol. The van der Waals surface area contributed by atoms with Crippen LogP contribution in [0, 0.1) is 11.8 Å². The lowest BCUT2D eigenvalue weighted by Gasteiger charge is -2.10. The topological polar surface area (TPSA) is 66.0 Å². The minimum absolute atomic E-state index is 0.137. The molecule has 0 aromatic carbocycles. The zero-order valence-electron chi connectivity index (χ0n) is 11.0. The van der Waals surface area contributed by atoms with E-state index in [0.29, 0.717) is 0 Å². The van der Waals surface area contributed by atoms with Crippen molar-refractivity contribution in [2.45, 2.75) is 45.2 Å². The predicted molar refractivity (Wildman–Crippen MR) is 70.7 cm³/mol. The monoisotopic (exact) mass is 250 g/mol. The van der Waals surface area contributed by atoms with Crippen molar-refractivity contribution in [3.8, 4) is 11.8 Å². The van der Waals surface area contributed by atoms with Crippen molar-refractivity contribution in [1.82, 2.24) is 15.0 Å². The van der Waals surface area contributed by atoms with Crippen LogP contribution in [0.15, 0.2) is 12.4 Å². The van der Waals surface area contributed by atoms with Crippen LogP contribution in [0.5, 0.6) is 0 Å². The van der Waals surface area contributed by atoms with Crippen molar-refractivity contribution in [3.63, 3.8) is 0 Å². The number of nitrogens with two attached hydrogens (primary N) is 1. The Morgan fingerprint density at radius 3 is 3.00 bits per heavy atom. The van der Waals surface area contributed by atoms with Crippen LogP contribution in [0.4, 0.5) is 0 Å². The molecule has 5 nitrogen and oxygen atoms in total. The largest absolute Gasteiger partial charge is 0.380 e. The molecule has 0 spiro atoms. The maximum atomic E-state index is 6.00. The average Bonchev–Trinajstić information content (AvgIpc) is 2.85. The second kappa shape index (κ2) is 9.63. The zero-order chi connectivity index (χ0) is 13.1. The molecule has 100 valence electrons. The van der Waals surface area contributed by atoms with Crippen LogP contribution in [-0.2, 0) is 11.3 Å². The van der Waals surface area contributed by atoms with Crippen LogP contribution in [0.3, 0.4) is 0 Å². The summed E-state index contributed by atoms with van der Waals surface area (Å²) in [6.07, 6.45) is 7.43. The van der Waals surface area contributed by atoms with Gasteiger partial charge in [0, 0.05) is 25.3 Å². The third kappa shape index (κ3) is 7.05. The number of aromatic nitrogens is 3. The zero-order valence-corrected chi connectivity index (χ0v) is 11.0. The van der Waals surface area contributed by atoms with E-state index in [1.54, 1.807) is 10.9 Å². The second-order valence-corrected chi connectivity index (χ2v) is 4.17. The first kappa shape index (κ1) is 14.7. The first-order valence-electron chi connectivity index (χ1n) is 6.40. The lowest BCUT2D eigenvalue weighted by molar-refractivity contribution is 0.135. The molecule has 1 rings (SSSR count). The Balaban J connectivity index is 1.92. The van der Waals surface area contributed by atoms with Gasteiger partial charge < -0.3 is 10.5 Å². The highest BCUT2D eigenvalue weighted by Gasteiger charge is 2.03. The molecule has 0 fully saturated rings. The molecule has 0 aliphatic carbocycles. The fourth-order valence-electron chi connectivity index (χ4n) is 1.62. The smallest absolute Gasteiger partial charge is 0.0692 e. The van der Waals surface area contributed by atoms with Crippen molar-refractivity contribution in [3.05, 3.63) is 12.4 Å². The maximum Gasteiger partial charge on any atom is 0.0692 e. The van der Waals surface area contributed by atoms with Crippen LogP contribution < -0.4 is 5.73 Å². The van der Waals surface area contributed by atoms with E-state index in [-0.39, 0.29) is 6.04 Å². The molecule has 0 saturated heterocycles. The minimum Gasteiger partial charge on any atom is -0.380 e. The number of hydrogen-bond donors (Lipinski definition) is 1. The normalized spacial score (nSPS) is 11.9. The van der Waals surface area contributed by atoms with Crippen LogP contribution in [0.2, 0.25) is 0 Å². The van der Waals surface area contributed by atoms with Gasteiger partial charge in [0.2, 0.25) is 0 Å². The Labute approximate surface area is 109 Å². The van der Waals surface area contributed by atoms with E-state index in [1.165, 1.54) is 0 Å². The maximum absolute atomic E-state index is 6.00. The summed E-state index contributed by atoms with van der Waals surface area (Å²) < 4.78 is 7.22. The third-order valence-electron chi connectivity index (χ3n) is 2.56. The molecule has 0 aliphatic rings. The van der Waals surface area contributed by atoms with Crippen molar-refractivity contribution >= 4 is 0 Å². The van der Waals surface area contributed by atoms with Gasteiger partial charge in [-0.05, 0) is 26.2 Å². The number of rotatable bonds is 9. The summed E-state index contributed by atoms with van der Waals surface area (Å²) >= 11 is 0. The Hall–Kier alpha value is -1.38. The summed E-state index contributed by atoms with van der Waals surface area (Å²) in [5.74, 6) is 5.82. The van der Waals surface area contributed by atoms with E-state index in [9.17, 15) is 0 Å². The van der Waals surface area contributed by atoms with Crippen molar-refractivity contribution in [1.29, 1.82) is 0 Å². The lowest BCUT2D eigenvalue weighted by Crippen LogP contribution is -2.26. The van der Waals surface area contributed by atoms with Crippen LogP contribution >= 0.6 is 0 Å². The van der Waals surface area contributed by atoms with Gasteiger partial charge in [0.05, 0.1) is 19.3 Å². The number of ether oxygens (including phenoxy) is 1. The summed E-state index contributed by atoms with van der Waals surface area (Å²) in [7, 11) is 0. The Morgan fingerprint density at radius 1 is 1.39 bits per heavy atom. The Kier molecular flexibility index (Phi) is 7.85. The van der Waals surface area contributed by atoms with Crippen molar-refractivity contribution < 1.29 is 4.74 Å². The molecule has 0 saturated carbocycles. The molecular weight excluding hydrogens is 228 g/mol. The second-order valence-electron chi connectivity index (χ2n) is 4.17. The molecule has 0 bridgehead atoms. The molecule has 18 heavy (non-hydrogen) atoms. The summed E-state index contributed by atoms with van der Waals surface area (Å²) in [6.45, 7) is 4.09. The van der Waals surface area contributed by atoms with Gasteiger partial charge in [0.15, 0.2) is 0 Å². The van der Waals surface area contributed by atoms with Gasteiger partial charge in [0.1, 0.15) is 0 Å². The molecule has 0 aliphatic heterocycles. The van der Waals surface area contributed by atoms with Crippen LogP contribution in [0.1, 0.15) is 32.6 Å². The molecule has 0 radical (unpaired) electrons. The molecule has 1 heterocycles. The first-order chi connectivity index (χ1) is 8.83. The fourth-order valence-corrected chi connectivity index (χ4v) is 1.62. The Bertz CT molecular complexity index is 353. The number of hydrogen-bond acceptors (Lipinski definition) is 4. The van der Waals surface area contributed by atoms with Gasteiger partial charge in [-0.2, -0.15) is 0 Å². The van der Waals surface area contributed by atoms with Gasteiger partial charge in [-0.1, -0.05) is 5.21 Å². The van der Waals surface area contributed by atoms with Crippen LogP contribution in [0.25, 0.3) is 0 Å². The quantitative estimate of drug-likeness (QED) is 0.528. The molecule has 1 atom stereocenters. The molecule has 2 N–H and O–H groups in total. The summed E-state index contributed by atoms with van der Waals surface area (Å²) in [6, 6.07) is 0.137. The van der Waals surface area contributed by atoms with Crippen molar-refractivity contribution in [2.75, 3.05) is 13.2 Å². The van der Waals surface area contributed by atoms with E-state index in [4.69, 9.17) is 10.5 Å². The van der Waals surface area contributed by atoms with Gasteiger partial charge in [-0.3, -0.25) is 4.68 Å². The highest BCUT2D eigenvalue weighted by Crippen LogP contribution is 2.01. The van der Waals surface area contributed by atoms with Crippen LogP contribution in [-0.4, -0.2) is 34.2 Å². The molecule has 1 aromatic rings. The minimum atomic E-state index is 0.137. The predicted octanol–water partition coefficient (Wildman–Crippen LogP) is 1.21. The summed E-state index contributed by atoms with van der Waals surface area (Å²) in [5, 5.41) is 7.64. The molecule has 1 aromatic heterocycles. The van der Waals surface area contributed by atoms with Gasteiger partial charge >= 0.3 is 0 Å². The van der Waals surface area contributed by atoms with Crippen molar-refractivity contribution in [2.24, 2.45) is 5.73 Å². The van der Waals surface area contributed by atoms with Gasteiger partial charge in [0.25, 0.3) is 0 Å². The number of unbranched alkanes of at least 4 members (excludes halogenated alkanes) is 1. The highest BCUT2D eigenvalue weighted by atomic mass is 16.5. The van der Waals surface area contributed by atoms with E-state index < -0.39 is 0 Å². The first-order valence-corrected chi connectivity index (χ1v) is 6.40. The standard InChI is InChI=1S/C13H22N4O/c1-2-3-5-10-18-11-6-4-7-13(14)12-17-9-8-15-16-17/h8-9,13H,4-7,10-12,14H2,1H3. The molecular formula is C13H22N4O.